The second kappa shape index (κ2) is 6.78. The normalized spacial score (nSPS) is 18.6. The fourth-order valence-electron chi connectivity index (χ4n) is 2.31. The van der Waals surface area contributed by atoms with Crippen LogP contribution in [-0.2, 0) is 4.79 Å². The maximum atomic E-state index is 12.0. The number of para-hydroxylation sites is 1. The Morgan fingerprint density at radius 3 is 3.00 bits per heavy atom. The van der Waals surface area contributed by atoms with Crippen LogP contribution in [0.25, 0.3) is 0 Å². The van der Waals surface area contributed by atoms with E-state index in [-0.39, 0.29) is 18.6 Å². The van der Waals surface area contributed by atoms with Crippen molar-refractivity contribution in [2.24, 2.45) is 0 Å². The molecule has 4 nitrogen and oxygen atoms in total. The Balaban J connectivity index is 1.80. The van der Waals surface area contributed by atoms with E-state index in [0.717, 1.165) is 19.4 Å². The van der Waals surface area contributed by atoms with E-state index >= 15 is 0 Å². The number of rotatable bonds is 5. The molecular weight excluding hydrogens is 266 g/mol. The van der Waals surface area contributed by atoms with Gasteiger partial charge in [0.1, 0.15) is 5.75 Å². The second-order valence-electron chi connectivity index (χ2n) is 4.59. The molecule has 1 saturated heterocycles. The summed E-state index contributed by atoms with van der Waals surface area (Å²) in [4.78, 5) is 13.7. The summed E-state index contributed by atoms with van der Waals surface area (Å²) in [6.07, 6.45) is 2.15. The molecule has 1 N–H and O–H groups in total. The number of hydrogen-bond acceptors (Lipinski definition) is 3. The first-order chi connectivity index (χ1) is 9.22. The Bertz CT molecular complexity index is 438. The molecule has 0 radical (unpaired) electrons. The summed E-state index contributed by atoms with van der Waals surface area (Å²) in [7, 11) is 0. The lowest BCUT2D eigenvalue weighted by Gasteiger charge is -2.23. The quantitative estimate of drug-likeness (QED) is 0.900. The van der Waals surface area contributed by atoms with Crippen LogP contribution in [0.15, 0.2) is 24.3 Å². The zero-order chi connectivity index (χ0) is 13.7. The molecule has 1 aliphatic heterocycles. The summed E-state index contributed by atoms with van der Waals surface area (Å²) in [5, 5.41) is 9.73. The molecule has 1 aromatic rings. The third-order valence-electron chi connectivity index (χ3n) is 3.32. The highest BCUT2D eigenvalue weighted by molar-refractivity contribution is 6.32. The third-order valence-corrected chi connectivity index (χ3v) is 3.63. The molecule has 0 aliphatic carbocycles. The minimum atomic E-state index is -0.0205. The van der Waals surface area contributed by atoms with Crippen molar-refractivity contribution < 1.29 is 14.6 Å². The molecular formula is C14H18ClNO3. The number of aliphatic hydroxyl groups excluding tert-OH is 1. The number of carbonyl (C=O) groups is 1. The highest BCUT2D eigenvalue weighted by atomic mass is 35.5. The monoisotopic (exact) mass is 283 g/mol. The van der Waals surface area contributed by atoms with E-state index in [9.17, 15) is 9.90 Å². The molecule has 2 rings (SSSR count). The van der Waals surface area contributed by atoms with Crippen molar-refractivity contribution in [3.63, 3.8) is 0 Å². The molecule has 0 spiro atoms. The average molecular weight is 284 g/mol. The number of carbonyl (C=O) groups excluding carboxylic acids is 1. The van der Waals surface area contributed by atoms with Gasteiger partial charge in [0.05, 0.1) is 30.7 Å². The molecule has 104 valence electrons. The average Bonchev–Trinajstić information content (AvgIpc) is 2.89. The van der Waals surface area contributed by atoms with Gasteiger partial charge < -0.3 is 14.7 Å². The van der Waals surface area contributed by atoms with Gasteiger partial charge in [-0.05, 0) is 25.0 Å². The van der Waals surface area contributed by atoms with Crippen LogP contribution in [0.2, 0.25) is 5.02 Å². The molecule has 1 aromatic carbocycles. The van der Waals surface area contributed by atoms with Crippen molar-refractivity contribution in [1.82, 2.24) is 4.90 Å². The first-order valence-corrected chi connectivity index (χ1v) is 6.88. The van der Waals surface area contributed by atoms with Crippen LogP contribution in [0.5, 0.6) is 5.75 Å². The molecule has 1 heterocycles. The van der Waals surface area contributed by atoms with Crippen molar-refractivity contribution in [3.05, 3.63) is 29.3 Å². The molecule has 1 fully saturated rings. The maximum Gasteiger partial charge on any atom is 0.226 e. The SMILES string of the molecule is O=C(CCOc1ccccc1Cl)N1CCC[C@H]1CO. The summed E-state index contributed by atoms with van der Waals surface area (Å²) in [5.74, 6) is 0.626. The smallest absolute Gasteiger partial charge is 0.226 e. The first-order valence-electron chi connectivity index (χ1n) is 6.50. The van der Waals surface area contributed by atoms with Gasteiger partial charge in [-0.1, -0.05) is 23.7 Å². The molecule has 1 amide bonds. The summed E-state index contributed by atoms with van der Waals surface area (Å²) < 4.78 is 5.49. The summed E-state index contributed by atoms with van der Waals surface area (Å²) in [6.45, 7) is 1.07. The summed E-state index contributed by atoms with van der Waals surface area (Å²) in [5.41, 5.74) is 0. The van der Waals surface area contributed by atoms with Gasteiger partial charge in [-0.3, -0.25) is 4.79 Å². The van der Waals surface area contributed by atoms with Gasteiger partial charge in [0, 0.05) is 6.54 Å². The number of amides is 1. The second-order valence-corrected chi connectivity index (χ2v) is 5.00. The van der Waals surface area contributed by atoms with E-state index in [0.29, 0.717) is 23.8 Å². The van der Waals surface area contributed by atoms with Gasteiger partial charge in [0.25, 0.3) is 0 Å². The third kappa shape index (κ3) is 3.61. The van der Waals surface area contributed by atoms with Crippen LogP contribution in [-0.4, -0.2) is 41.7 Å². The zero-order valence-electron chi connectivity index (χ0n) is 10.7. The van der Waals surface area contributed by atoms with Gasteiger partial charge in [-0.25, -0.2) is 0 Å². The van der Waals surface area contributed by atoms with Crippen LogP contribution in [0.1, 0.15) is 19.3 Å². The fourth-order valence-corrected chi connectivity index (χ4v) is 2.50. The van der Waals surface area contributed by atoms with E-state index in [2.05, 4.69) is 0 Å². The maximum absolute atomic E-state index is 12.0. The predicted octanol–water partition coefficient (Wildman–Crippen LogP) is 2.09. The van der Waals surface area contributed by atoms with E-state index in [4.69, 9.17) is 16.3 Å². The topological polar surface area (TPSA) is 49.8 Å². The molecule has 0 unspecified atom stereocenters. The van der Waals surface area contributed by atoms with Crippen molar-refractivity contribution in [2.45, 2.75) is 25.3 Å². The number of likely N-dealkylation sites (tertiary alicyclic amines) is 1. The Labute approximate surface area is 117 Å². The fraction of sp³-hybridized carbons (Fsp3) is 0.500. The first kappa shape index (κ1) is 14.2. The standard InChI is InChI=1S/C14H18ClNO3/c15-12-5-1-2-6-13(12)19-9-7-14(18)16-8-3-4-11(16)10-17/h1-2,5-6,11,17H,3-4,7-10H2/t11-/m0/s1. The Morgan fingerprint density at radius 1 is 1.47 bits per heavy atom. The molecule has 0 bridgehead atoms. The van der Waals surface area contributed by atoms with E-state index in [1.807, 2.05) is 12.1 Å². The van der Waals surface area contributed by atoms with Gasteiger partial charge >= 0.3 is 0 Å². The van der Waals surface area contributed by atoms with Gasteiger partial charge in [-0.2, -0.15) is 0 Å². The lowest BCUT2D eigenvalue weighted by Crippen LogP contribution is -2.38. The number of aliphatic hydroxyl groups is 1. The number of benzene rings is 1. The van der Waals surface area contributed by atoms with Gasteiger partial charge in [-0.15, -0.1) is 0 Å². The van der Waals surface area contributed by atoms with E-state index < -0.39 is 0 Å². The number of hydrogen-bond donors (Lipinski definition) is 1. The van der Waals surface area contributed by atoms with Crippen LogP contribution in [0.3, 0.4) is 0 Å². The zero-order valence-corrected chi connectivity index (χ0v) is 11.5. The Hall–Kier alpha value is -1.26. The van der Waals surface area contributed by atoms with Gasteiger partial charge in [0.15, 0.2) is 0 Å². The summed E-state index contributed by atoms with van der Waals surface area (Å²) in [6, 6.07) is 7.18. The largest absolute Gasteiger partial charge is 0.491 e. The summed E-state index contributed by atoms with van der Waals surface area (Å²) >= 11 is 5.96. The van der Waals surface area contributed by atoms with Crippen LogP contribution in [0, 0.1) is 0 Å². The van der Waals surface area contributed by atoms with Crippen LogP contribution < -0.4 is 4.74 Å². The van der Waals surface area contributed by atoms with E-state index in [1.165, 1.54) is 0 Å². The van der Waals surface area contributed by atoms with Crippen molar-refractivity contribution in [3.8, 4) is 5.75 Å². The lowest BCUT2D eigenvalue weighted by atomic mass is 10.2. The molecule has 0 saturated carbocycles. The molecule has 5 heteroatoms. The Morgan fingerprint density at radius 2 is 2.26 bits per heavy atom. The predicted molar refractivity (Wildman–Crippen MR) is 73.4 cm³/mol. The van der Waals surface area contributed by atoms with Crippen LogP contribution >= 0.6 is 11.6 Å². The number of halogens is 1. The molecule has 1 aliphatic rings. The highest BCUT2D eigenvalue weighted by Gasteiger charge is 2.27. The number of nitrogens with zero attached hydrogens (tertiary/aromatic N) is 1. The highest BCUT2D eigenvalue weighted by Crippen LogP contribution is 2.23. The molecule has 0 aromatic heterocycles. The van der Waals surface area contributed by atoms with Gasteiger partial charge in [0.2, 0.25) is 5.91 Å². The van der Waals surface area contributed by atoms with Crippen LogP contribution in [0.4, 0.5) is 0 Å². The van der Waals surface area contributed by atoms with Crippen molar-refractivity contribution in [1.29, 1.82) is 0 Å². The molecule has 19 heavy (non-hydrogen) atoms. The molecule has 1 atom stereocenters. The van der Waals surface area contributed by atoms with Crippen molar-refractivity contribution >= 4 is 17.5 Å². The van der Waals surface area contributed by atoms with Crippen molar-refractivity contribution in [2.75, 3.05) is 19.8 Å². The minimum absolute atomic E-state index is 0.0205. The number of ether oxygens (including phenoxy) is 1. The van der Waals surface area contributed by atoms with E-state index in [1.54, 1.807) is 17.0 Å². The Kier molecular flexibility index (Phi) is 5.05. The lowest BCUT2D eigenvalue weighted by molar-refractivity contribution is -0.133. The minimum Gasteiger partial charge on any atom is -0.491 e.